The van der Waals surface area contributed by atoms with Gasteiger partial charge in [-0.3, -0.25) is 4.79 Å². The zero-order valence-corrected chi connectivity index (χ0v) is 17.0. The molecule has 2 aromatic carbocycles. The Kier molecular flexibility index (Phi) is 6.12. The zero-order chi connectivity index (χ0) is 19.5. The quantitative estimate of drug-likeness (QED) is 0.798. The van der Waals surface area contributed by atoms with Gasteiger partial charge in [-0.2, -0.15) is 0 Å². The largest absolute Gasteiger partial charge is 0.481 e. The number of amides is 1. The summed E-state index contributed by atoms with van der Waals surface area (Å²) in [5.41, 5.74) is 4.64. The molecule has 0 saturated heterocycles. The number of hydrogen-bond acceptors (Lipinski definition) is 2. The summed E-state index contributed by atoms with van der Waals surface area (Å²) in [6, 6.07) is 14.4. The van der Waals surface area contributed by atoms with Gasteiger partial charge in [0.25, 0.3) is 5.91 Å². The van der Waals surface area contributed by atoms with Crippen LogP contribution in [-0.4, -0.2) is 12.0 Å². The number of benzene rings is 2. The first kappa shape index (κ1) is 20.0. The highest BCUT2D eigenvalue weighted by atomic mass is 16.5. The van der Waals surface area contributed by atoms with Crippen LogP contribution < -0.4 is 10.1 Å². The van der Waals surface area contributed by atoms with Gasteiger partial charge in [-0.05, 0) is 61.4 Å². The molecule has 2 rings (SSSR count). The van der Waals surface area contributed by atoms with Gasteiger partial charge in [0.15, 0.2) is 6.10 Å². The maximum absolute atomic E-state index is 12.5. The topological polar surface area (TPSA) is 38.3 Å². The molecule has 0 aliphatic rings. The molecule has 0 aliphatic heterocycles. The lowest BCUT2D eigenvalue weighted by atomic mass is 9.86. The van der Waals surface area contributed by atoms with E-state index in [9.17, 15) is 4.79 Å². The van der Waals surface area contributed by atoms with Crippen LogP contribution in [0.2, 0.25) is 0 Å². The van der Waals surface area contributed by atoms with E-state index in [2.05, 4.69) is 50.4 Å². The molecule has 0 spiro atoms. The smallest absolute Gasteiger partial charge is 0.261 e. The highest BCUT2D eigenvalue weighted by molar-refractivity contribution is 5.81. The van der Waals surface area contributed by atoms with E-state index in [1.807, 2.05) is 39.0 Å². The molecule has 0 heterocycles. The molecule has 1 N–H and O–H groups in total. The molecule has 140 valence electrons. The Balaban J connectivity index is 2.00. The van der Waals surface area contributed by atoms with Crippen LogP contribution in [0.1, 0.15) is 62.9 Å². The summed E-state index contributed by atoms with van der Waals surface area (Å²) in [5.74, 6) is 0.646. The van der Waals surface area contributed by atoms with E-state index in [0.29, 0.717) is 0 Å². The van der Waals surface area contributed by atoms with E-state index in [1.165, 1.54) is 5.56 Å². The van der Waals surface area contributed by atoms with Gasteiger partial charge in [-0.15, -0.1) is 0 Å². The number of nitrogens with one attached hydrogen (secondary N) is 1. The van der Waals surface area contributed by atoms with Crippen molar-refractivity contribution >= 4 is 5.91 Å². The van der Waals surface area contributed by atoms with Gasteiger partial charge in [0.2, 0.25) is 0 Å². The van der Waals surface area contributed by atoms with Crippen LogP contribution in [0.4, 0.5) is 0 Å². The van der Waals surface area contributed by atoms with Crippen LogP contribution in [-0.2, 0) is 10.2 Å². The van der Waals surface area contributed by atoms with E-state index in [4.69, 9.17) is 4.74 Å². The Hall–Kier alpha value is -2.29. The second-order valence-electron chi connectivity index (χ2n) is 8.13. The van der Waals surface area contributed by atoms with Gasteiger partial charge in [-0.1, -0.05) is 57.2 Å². The Bertz CT molecular complexity index is 757. The fourth-order valence-corrected chi connectivity index (χ4v) is 2.76. The highest BCUT2D eigenvalue weighted by Crippen LogP contribution is 2.24. The van der Waals surface area contributed by atoms with Crippen LogP contribution >= 0.6 is 0 Å². The molecule has 0 bridgehead atoms. The zero-order valence-electron chi connectivity index (χ0n) is 17.0. The van der Waals surface area contributed by atoms with E-state index < -0.39 is 6.10 Å². The van der Waals surface area contributed by atoms with Crippen LogP contribution in [0.25, 0.3) is 0 Å². The van der Waals surface area contributed by atoms with Gasteiger partial charge in [0.1, 0.15) is 5.75 Å². The van der Waals surface area contributed by atoms with E-state index in [-0.39, 0.29) is 17.4 Å². The van der Waals surface area contributed by atoms with Crippen LogP contribution in [0.5, 0.6) is 5.75 Å². The Labute approximate surface area is 157 Å². The monoisotopic (exact) mass is 353 g/mol. The number of aryl methyl sites for hydroxylation is 2. The molecule has 1 amide bonds. The second kappa shape index (κ2) is 7.94. The first-order chi connectivity index (χ1) is 12.1. The molecule has 2 aromatic rings. The molecule has 0 fully saturated rings. The van der Waals surface area contributed by atoms with Crippen LogP contribution in [0.3, 0.4) is 0 Å². The molecule has 26 heavy (non-hydrogen) atoms. The fourth-order valence-electron chi connectivity index (χ4n) is 2.76. The third kappa shape index (κ3) is 5.10. The van der Waals surface area contributed by atoms with Crippen molar-refractivity contribution in [3.63, 3.8) is 0 Å². The SMILES string of the molecule is Cc1ccc(C)c(O[C@@H](C)C(=O)N[C@H](C)c2ccc(C(C)(C)C)cc2)c1. The van der Waals surface area contributed by atoms with Crippen molar-refractivity contribution in [3.05, 3.63) is 64.7 Å². The first-order valence-electron chi connectivity index (χ1n) is 9.22. The Morgan fingerprint density at radius 1 is 1.00 bits per heavy atom. The summed E-state index contributed by atoms with van der Waals surface area (Å²) in [4.78, 5) is 12.5. The Morgan fingerprint density at radius 2 is 1.62 bits per heavy atom. The molecule has 0 aliphatic carbocycles. The Morgan fingerprint density at radius 3 is 2.19 bits per heavy atom. The number of hydrogen-bond donors (Lipinski definition) is 1. The molecule has 0 aromatic heterocycles. The molecule has 2 atom stereocenters. The summed E-state index contributed by atoms with van der Waals surface area (Å²) in [6.07, 6.45) is -0.549. The molecule has 0 saturated carbocycles. The summed E-state index contributed by atoms with van der Waals surface area (Å²) < 4.78 is 5.88. The molecule has 3 heteroatoms. The van der Waals surface area contributed by atoms with E-state index >= 15 is 0 Å². The minimum absolute atomic E-state index is 0.0684. The average Bonchev–Trinajstić information content (AvgIpc) is 2.57. The van der Waals surface area contributed by atoms with Crippen molar-refractivity contribution in [2.75, 3.05) is 0 Å². The molecule has 3 nitrogen and oxygen atoms in total. The maximum Gasteiger partial charge on any atom is 0.261 e. The minimum atomic E-state index is -0.549. The van der Waals surface area contributed by atoms with Crippen molar-refractivity contribution in [1.82, 2.24) is 5.32 Å². The predicted octanol–water partition coefficient (Wildman–Crippen LogP) is 5.25. The molecular formula is C23H31NO2. The van der Waals surface area contributed by atoms with E-state index in [0.717, 1.165) is 22.4 Å². The predicted molar refractivity (Wildman–Crippen MR) is 108 cm³/mol. The van der Waals surface area contributed by atoms with Crippen LogP contribution in [0.15, 0.2) is 42.5 Å². The van der Waals surface area contributed by atoms with Crippen molar-refractivity contribution in [2.24, 2.45) is 0 Å². The third-order valence-electron chi connectivity index (χ3n) is 4.65. The second-order valence-corrected chi connectivity index (χ2v) is 8.13. The lowest BCUT2D eigenvalue weighted by Gasteiger charge is -2.22. The molecular weight excluding hydrogens is 322 g/mol. The summed E-state index contributed by atoms with van der Waals surface area (Å²) in [5, 5.41) is 3.04. The normalized spacial score (nSPS) is 13.8. The van der Waals surface area contributed by atoms with Gasteiger partial charge in [-0.25, -0.2) is 0 Å². The number of rotatable bonds is 5. The summed E-state index contributed by atoms with van der Waals surface area (Å²) in [7, 11) is 0. The number of ether oxygens (including phenoxy) is 1. The van der Waals surface area contributed by atoms with Gasteiger partial charge < -0.3 is 10.1 Å². The van der Waals surface area contributed by atoms with Crippen molar-refractivity contribution in [3.8, 4) is 5.75 Å². The van der Waals surface area contributed by atoms with Crippen molar-refractivity contribution in [1.29, 1.82) is 0 Å². The lowest BCUT2D eigenvalue weighted by Crippen LogP contribution is -2.37. The van der Waals surface area contributed by atoms with Crippen LogP contribution in [0, 0.1) is 13.8 Å². The van der Waals surface area contributed by atoms with Gasteiger partial charge in [0, 0.05) is 0 Å². The van der Waals surface area contributed by atoms with E-state index in [1.54, 1.807) is 6.92 Å². The number of carbonyl (C=O) groups excluding carboxylic acids is 1. The minimum Gasteiger partial charge on any atom is -0.481 e. The number of carbonyl (C=O) groups is 1. The van der Waals surface area contributed by atoms with Crippen molar-refractivity contribution in [2.45, 2.75) is 66.0 Å². The highest BCUT2D eigenvalue weighted by Gasteiger charge is 2.19. The summed E-state index contributed by atoms with van der Waals surface area (Å²) >= 11 is 0. The third-order valence-corrected chi connectivity index (χ3v) is 4.65. The van der Waals surface area contributed by atoms with Gasteiger partial charge >= 0.3 is 0 Å². The summed E-state index contributed by atoms with van der Waals surface area (Å²) in [6.45, 7) is 14.4. The fraction of sp³-hybridized carbons (Fsp3) is 0.435. The van der Waals surface area contributed by atoms with Gasteiger partial charge in [0.05, 0.1) is 6.04 Å². The lowest BCUT2D eigenvalue weighted by molar-refractivity contribution is -0.127. The molecule has 0 unspecified atom stereocenters. The first-order valence-corrected chi connectivity index (χ1v) is 9.22. The standard InChI is InChI=1S/C23H31NO2/c1-15-8-9-16(2)21(14-15)26-18(4)22(25)24-17(3)19-10-12-20(13-11-19)23(5,6)7/h8-14,17-18H,1-7H3,(H,24,25)/t17-,18+/m1/s1. The maximum atomic E-state index is 12.5. The van der Waals surface area contributed by atoms with Crippen molar-refractivity contribution < 1.29 is 9.53 Å². The molecule has 0 radical (unpaired) electrons. The average molecular weight is 354 g/mol.